The topological polar surface area (TPSA) is 17.8 Å². The molecule has 14 heavy (non-hydrogen) atoms. The van der Waals surface area contributed by atoms with Crippen molar-refractivity contribution in [3.8, 4) is 0 Å². The molecule has 0 spiro atoms. The number of aromatic nitrogens is 2. The zero-order chi connectivity index (χ0) is 10.2. The highest BCUT2D eigenvalue weighted by Crippen LogP contribution is 2.08. The van der Waals surface area contributed by atoms with E-state index < -0.39 is 0 Å². The van der Waals surface area contributed by atoms with Crippen molar-refractivity contribution in [1.29, 1.82) is 0 Å². The van der Waals surface area contributed by atoms with E-state index in [4.69, 9.17) is 0 Å². The Labute approximate surface area is 87.3 Å². The Morgan fingerprint density at radius 1 is 1.14 bits per heavy atom. The second-order valence-corrected chi connectivity index (χ2v) is 4.00. The summed E-state index contributed by atoms with van der Waals surface area (Å²) < 4.78 is 1.88. The lowest BCUT2D eigenvalue weighted by atomic mass is 10.1. The molecule has 2 nitrogen and oxygen atoms in total. The summed E-state index contributed by atoms with van der Waals surface area (Å²) in [6, 6.07) is 2.12. The van der Waals surface area contributed by atoms with Crippen molar-refractivity contribution in [2.24, 2.45) is 7.05 Å². The Morgan fingerprint density at radius 2 is 1.86 bits per heavy atom. The molecule has 0 aliphatic rings. The van der Waals surface area contributed by atoms with Gasteiger partial charge in [0.1, 0.15) is 0 Å². The molecular formula is C12H22N2. The quantitative estimate of drug-likeness (QED) is 0.609. The van der Waals surface area contributed by atoms with E-state index >= 15 is 0 Å². The van der Waals surface area contributed by atoms with Crippen LogP contribution < -0.4 is 0 Å². The summed E-state index contributed by atoms with van der Waals surface area (Å²) in [6.45, 7) is 2.26. The molecule has 0 aliphatic heterocycles. The number of rotatable bonds is 7. The Bertz CT molecular complexity index is 240. The van der Waals surface area contributed by atoms with Crippen molar-refractivity contribution in [3.05, 3.63) is 18.0 Å². The summed E-state index contributed by atoms with van der Waals surface area (Å²) in [5, 5.41) is 4.36. The summed E-state index contributed by atoms with van der Waals surface area (Å²) in [4.78, 5) is 0. The average molecular weight is 194 g/mol. The van der Waals surface area contributed by atoms with Crippen LogP contribution in [0.1, 0.15) is 51.1 Å². The normalized spacial score (nSPS) is 10.7. The minimum Gasteiger partial charge on any atom is -0.276 e. The molecule has 2 heteroatoms. The van der Waals surface area contributed by atoms with Gasteiger partial charge >= 0.3 is 0 Å². The SMILES string of the molecule is CCCCCCCCc1ccn(C)n1. The van der Waals surface area contributed by atoms with E-state index in [0.29, 0.717) is 0 Å². The van der Waals surface area contributed by atoms with Crippen LogP contribution in [0.2, 0.25) is 0 Å². The van der Waals surface area contributed by atoms with Gasteiger partial charge in [-0.2, -0.15) is 5.10 Å². The molecule has 0 saturated heterocycles. The van der Waals surface area contributed by atoms with Crippen molar-refractivity contribution in [2.45, 2.75) is 51.9 Å². The zero-order valence-electron chi connectivity index (χ0n) is 9.50. The van der Waals surface area contributed by atoms with Gasteiger partial charge in [-0.25, -0.2) is 0 Å². The molecule has 1 aromatic heterocycles. The van der Waals surface area contributed by atoms with E-state index in [1.807, 2.05) is 17.9 Å². The van der Waals surface area contributed by atoms with Crippen LogP contribution in [-0.2, 0) is 13.5 Å². The van der Waals surface area contributed by atoms with E-state index in [1.54, 1.807) is 0 Å². The summed E-state index contributed by atoms with van der Waals surface area (Å²) in [7, 11) is 1.98. The van der Waals surface area contributed by atoms with Crippen molar-refractivity contribution in [2.75, 3.05) is 0 Å². The van der Waals surface area contributed by atoms with E-state index in [-0.39, 0.29) is 0 Å². The summed E-state index contributed by atoms with van der Waals surface area (Å²) in [5.41, 5.74) is 1.24. The molecule has 0 aromatic carbocycles. The first-order valence-electron chi connectivity index (χ1n) is 5.81. The number of nitrogens with zero attached hydrogens (tertiary/aromatic N) is 2. The first kappa shape index (κ1) is 11.3. The van der Waals surface area contributed by atoms with Gasteiger partial charge in [0.2, 0.25) is 0 Å². The predicted octanol–water partition coefficient (Wildman–Crippen LogP) is 3.32. The van der Waals surface area contributed by atoms with Crippen LogP contribution >= 0.6 is 0 Å². The molecule has 0 saturated carbocycles. The van der Waals surface area contributed by atoms with Crippen molar-refractivity contribution in [1.82, 2.24) is 9.78 Å². The first-order chi connectivity index (χ1) is 6.83. The highest BCUT2D eigenvalue weighted by atomic mass is 15.2. The standard InChI is InChI=1S/C12H22N2/c1-3-4-5-6-7-8-9-12-10-11-14(2)13-12/h10-11H,3-9H2,1-2H3. The van der Waals surface area contributed by atoms with Crippen LogP contribution in [0.15, 0.2) is 12.3 Å². The van der Waals surface area contributed by atoms with Crippen molar-refractivity contribution < 1.29 is 0 Å². The lowest BCUT2D eigenvalue weighted by Gasteiger charge is -1.98. The molecule has 1 rings (SSSR count). The van der Waals surface area contributed by atoms with Crippen LogP contribution in [0, 0.1) is 0 Å². The predicted molar refractivity (Wildman–Crippen MR) is 60.3 cm³/mol. The molecule has 0 aliphatic carbocycles. The maximum atomic E-state index is 4.36. The van der Waals surface area contributed by atoms with E-state index in [0.717, 1.165) is 6.42 Å². The minimum absolute atomic E-state index is 1.15. The van der Waals surface area contributed by atoms with Gasteiger partial charge < -0.3 is 0 Å². The number of unbranched alkanes of at least 4 members (excludes halogenated alkanes) is 5. The van der Waals surface area contributed by atoms with Crippen molar-refractivity contribution >= 4 is 0 Å². The van der Waals surface area contributed by atoms with Gasteiger partial charge in [-0.05, 0) is 18.9 Å². The van der Waals surface area contributed by atoms with Gasteiger partial charge in [-0.15, -0.1) is 0 Å². The monoisotopic (exact) mass is 194 g/mol. The Balaban J connectivity index is 1.99. The van der Waals surface area contributed by atoms with Crippen LogP contribution in [0.5, 0.6) is 0 Å². The lowest BCUT2D eigenvalue weighted by Crippen LogP contribution is -1.91. The molecule has 0 atom stereocenters. The second kappa shape index (κ2) is 6.63. The molecule has 0 N–H and O–H groups in total. The molecule has 0 amide bonds. The Morgan fingerprint density at radius 3 is 2.50 bits per heavy atom. The fraction of sp³-hybridized carbons (Fsp3) is 0.750. The lowest BCUT2D eigenvalue weighted by molar-refractivity contribution is 0.601. The highest BCUT2D eigenvalue weighted by Gasteiger charge is 1.96. The largest absolute Gasteiger partial charge is 0.276 e. The minimum atomic E-state index is 1.15. The molecule has 0 bridgehead atoms. The van der Waals surface area contributed by atoms with Gasteiger partial charge in [0.15, 0.2) is 0 Å². The van der Waals surface area contributed by atoms with Gasteiger partial charge in [-0.1, -0.05) is 39.0 Å². The molecule has 0 unspecified atom stereocenters. The number of hydrogen-bond donors (Lipinski definition) is 0. The number of hydrogen-bond acceptors (Lipinski definition) is 1. The average Bonchev–Trinajstić information content (AvgIpc) is 2.58. The maximum absolute atomic E-state index is 4.36. The van der Waals surface area contributed by atoms with E-state index in [1.165, 1.54) is 44.2 Å². The maximum Gasteiger partial charge on any atom is 0.0624 e. The third kappa shape index (κ3) is 4.45. The van der Waals surface area contributed by atoms with Crippen LogP contribution in [0.4, 0.5) is 0 Å². The fourth-order valence-electron chi connectivity index (χ4n) is 1.68. The summed E-state index contributed by atoms with van der Waals surface area (Å²) in [5.74, 6) is 0. The highest BCUT2D eigenvalue weighted by molar-refractivity contribution is 4.98. The Kier molecular flexibility index (Phi) is 5.35. The van der Waals surface area contributed by atoms with Crippen LogP contribution in [0.3, 0.4) is 0 Å². The van der Waals surface area contributed by atoms with Gasteiger partial charge in [0.25, 0.3) is 0 Å². The molecule has 80 valence electrons. The third-order valence-electron chi connectivity index (χ3n) is 2.56. The third-order valence-corrected chi connectivity index (χ3v) is 2.56. The van der Waals surface area contributed by atoms with E-state index in [9.17, 15) is 0 Å². The molecule has 0 radical (unpaired) electrons. The zero-order valence-corrected chi connectivity index (χ0v) is 9.50. The molecular weight excluding hydrogens is 172 g/mol. The summed E-state index contributed by atoms with van der Waals surface area (Å²) in [6.07, 6.45) is 11.3. The van der Waals surface area contributed by atoms with Crippen LogP contribution in [0.25, 0.3) is 0 Å². The van der Waals surface area contributed by atoms with Gasteiger partial charge in [0.05, 0.1) is 5.69 Å². The molecule has 1 heterocycles. The Hall–Kier alpha value is -0.790. The second-order valence-electron chi connectivity index (χ2n) is 4.00. The molecule has 1 aromatic rings. The van der Waals surface area contributed by atoms with Crippen molar-refractivity contribution in [3.63, 3.8) is 0 Å². The first-order valence-corrected chi connectivity index (χ1v) is 5.81. The van der Waals surface area contributed by atoms with E-state index in [2.05, 4.69) is 18.1 Å². The van der Waals surface area contributed by atoms with Gasteiger partial charge in [-0.3, -0.25) is 4.68 Å². The summed E-state index contributed by atoms with van der Waals surface area (Å²) >= 11 is 0. The van der Waals surface area contributed by atoms with Crippen LogP contribution in [-0.4, -0.2) is 9.78 Å². The smallest absolute Gasteiger partial charge is 0.0624 e. The fourth-order valence-corrected chi connectivity index (χ4v) is 1.68. The number of aryl methyl sites for hydroxylation is 2. The molecule has 0 fully saturated rings. The van der Waals surface area contributed by atoms with Gasteiger partial charge in [0, 0.05) is 13.2 Å².